The van der Waals surface area contributed by atoms with Gasteiger partial charge in [0.1, 0.15) is 5.75 Å². The normalized spacial score (nSPS) is 12.2. The van der Waals surface area contributed by atoms with Gasteiger partial charge in [-0.2, -0.15) is 0 Å². The largest absolute Gasteiger partial charge is 0.497 e. The highest BCUT2D eigenvalue weighted by atomic mass is 16.5. The van der Waals surface area contributed by atoms with E-state index >= 15 is 0 Å². The van der Waals surface area contributed by atoms with E-state index in [0.29, 0.717) is 19.0 Å². The Morgan fingerprint density at radius 2 is 1.85 bits per heavy atom. The molecule has 0 fully saturated rings. The first-order valence-corrected chi connectivity index (χ1v) is 7.17. The Labute approximate surface area is 121 Å². The highest BCUT2D eigenvalue weighted by Gasteiger charge is 2.06. The molecule has 4 nitrogen and oxygen atoms in total. The fourth-order valence-electron chi connectivity index (χ4n) is 2.01. The summed E-state index contributed by atoms with van der Waals surface area (Å²) >= 11 is 0. The van der Waals surface area contributed by atoms with E-state index in [4.69, 9.17) is 4.74 Å². The summed E-state index contributed by atoms with van der Waals surface area (Å²) in [4.78, 5) is 11.5. The van der Waals surface area contributed by atoms with Gasteiger partial charge >= 0.3 is 0 Å². The van der Waals surface area contributed by atoms with Crippen LogP contribution in [0.25, 0.3) is 0 Å². The molecule has 1 atom stereocenters. The molecule has 0 bridgehead atoms. The molecule has 0 aliphatic rings. The van der Waals surface area contributed by atoms with Gasteiger partial charge in [-0.1, -0.05) is 12.1 Å². The van der Waals surface area contributed by atoms with Crippen molar-refractivity contribution in [3.05, 3.63) is 29.8 Å². The minimum atomic E-state index is 0.101. The van der Waals surface area contributed by atoms with Gasteiger partial charge < -0.3 is 15.4 Å². The van der Waals surface area contributed by atoms with Crippen LogP contribution in [0.2, 0.25) is 0 Å². The molecule has 0 saturated carbocycles. The van der Waals surface area contributed by atoms with Crippen LogP contribution in [-0.4, -0.2) is 31.6 Å². The lowest BCUT2D eigenvalue weighted by atomic mass is 10.1. The molecule has 1 amide bonds. The third kappa shape index (κ3) is 6.57. The van der Waals surface area contributed by atoms with Crippen molar-refractivity contribution in [2.24, 2.45) is 0 Å². The first-order valence-electron chi connectivity index (χ1n) is 7.17. The van der Waals surface area contributed by atoms with Crippen LogP contribution in [-0.2, 0) is 11.2 Å². The van der Waals surface area contributed by atoms with Crippen LogP contribution in [0.4, 0.5) is 0 Å². The Balaban J connectivity index is 2.25. The standard InChI is InChI=1S/C16H26N2O2/c1-12(2)18-16(19)9-10-17-13(3)11-14-5-7-15(20-4)8-6-14/h5-8,12-13,17H,9-11H2,1-4H3,(H,18,19). The molecule has 0 radical (unpaired) electrons. The minimum Gasteiger partial charge on any atom is -0.497 e. The molecule has 2 N–H and O–H groups in total. The van der Waals surface area contributed by atoms with Gasteiger partial charge in [-0.25, -0.2) is 0 Å². The van der Waals surface area contributed by atoms with Crippen LogP contribution in [0, 0.1) is 0 Å². The lowest BCUT2D eigenvalue weighted by Gasteiger charge is -2.14. The Hall–Kier alpha value is -1.55. The van der Waals surface area contributed by atoms with Gasteiger partial charge in [0, 0.05) is 25.0 Å². The zero-order valence-corrected chi connectivity index (χ0v) is 12.9. The number of nitrogens with one attached hydrogen (secondary N) is 2. The number of carbonyl (C=O) groups is 1. The fourth-order valence-corrected chi connectivity index (χ4v) is 2.01. The van der Waals surface area contributed by atoms with Crippen molar-refractivity contribution >= 4 is 5.91 Å². The van der Waals surface area contributed by atoms with Crippen molar-refractivity contribution in [2.75, 3.05) is 13.7 Å². The molecule has 4 heteroatoms. The molecule has 1 aromatic carbocycles. The average molecular weight is 278 g/mol. The summed E-state index contributed by atoms with van der Waals surface area (Å²) in [6.45, 7) is 6.77. The van der Waals surface area contributed by atoms with E-state index < -0.39 is 0 Å². The zero-order chi connectivity index (χ0) is 15.0. The quantitative estimate of drug-likeness (QED) is 0.766. The van der Waals surface area contributed by atoms with Crippen molar-refractivity contribution in [1.29, 1.82) is 0 Å². The number of benzene rings is 1. The summed E-state index contributed by atoms with van der Waals surface area (Å²) in [5, 5.41) is 6.26. The second-order valence-corrected chi connectivity index (χ2v) is 5.38. The highest BCUT2D eigenvalue weighted by molar-refractivity contribution is 5.76. The molecule has 1 unspecified atom stereocenters. The SMILES string of the molecule is COc1ccc(CC(C)NCCC(=O)NC(C)C)cc1. The van der Waals surface area contributed by atoms with Gasteiger partial charge in [0.05, 0.1) is 7.11 Å². The van der Waals surface area contributed by atoms with E-state index in [1.807, 2.05) is 26.0 Å². The summed E-state index contributed by atoms with van der Waals surface area (Å²) in [7, 11) is 1.67. The molecular weight excluding hydrogens is 252 g/mol. The molecule has 0 aliphatic heterocycles. The summed E-state index contributed by atoms with van der Waals surface area (Å²) < 4.78 is 5.14. The Morgan fingerprint density at radius 1 is 1.20 bits per heavy atom. The maximum atomic E-state index is 11.5. The average Bonchev–Trinajstić information content (AvgIpc) is 2.38. The van der Waals surface area contributed by atoms with Crippen molar-refractivity contribution in [1.82, 2.24) is 10.6 Å². The second-order valence-electron chi connectivity index (χ2n) is 5.38. The van der Waals surface area contributed by atoms with Gasteiger partial charge in [-0.15, -0.1) is 0 Å². The van der Waals surface area contributed by atoms with Gasteiger partial charge in [0.2, 0.25) is 5.91 Å². The van der Waals surface area contributed by atoms with E-state index in [9.17, 15) is 4.79 Å². The second kappa shape index (κ2) is 8.59. The van der Waals surface area contributed by atoms with Crippen LogP contribution in [0.15, 0.2) is 24.3 Å². The first kappa shape index (κ1) is 16.5. The summed E-state index contributed by atoms with van der Waals surface area (Å²) in [6, 6.07) is 8.63. The fraction of sp³-hybridized carbons (Fsp3) is 0.562. The number of carbonyl (C=O) groups excluding carboxylic acids is 1. The Kier molecular flexibility index (Phi) is 7.09. The van der Waals surface area contributed by atoms with E-state index in [1.54, 1.807) is 7.11 Å². The summed E-state index contributed by atoms with van der Waals surface area (Å²) in [5.41, 5.74) is 1.26. The van der Waals surface area contributed by atoms with Crippen molar-refractivity contribution < 1.29 is 9.53 Å². The molecular formula is C16H26N2O2. The van der Waals surface area contributed by atoms with Gasteiger partial charge in [-0.3, -0.25) is 4.79 Å². The lowest BCUT2D eigenvalue weighted by molar-refractivity contribution is -0.121. The number of rotatable bonds is 8. The van der Waals surface area contributed by atoms with Crippen LogP contribution in [0.3, 0.4) is 0 Å². The predicted molar refractivity (Wildman–Crippen MR) is 82.1 cm³/mol. The number of ether oxygens (including phenoxy) is 1. The molecule has 1 rings (SSSR count). The van der Waals surface area contributed by atoms with Crippen molar-refractivity contribution in [2.45, 2.75) is 45.7 Å². The van der Waals surface area contributed by atoms with E-state index in [-0.39, 0.29) is 11.9 Å². The lowest BCUT2D eigenvalue weighted by Crippen LogP contribution is -2.35. The molecule has 112 valence electrons. The highest BCUT2D eigenvalue weighted by Crippen LogP contribution is 2.12. The third-order valence-electron chi connectivity index (χ3n) is 3.00. The summed E-state index contributed by atoms with van der Waals surface area (Å²) in [6.07, 6.45) is 1.46. The summed E-state index contributed by atoms with van der Waals surface area (Å²) in [5.74, 6) is 0.976. The zero-order valence-electron chi connectivity index (χ0n) is 12.9. The number of amides is 1. The predicted octanol–water partition coefficient (Wildman–Crippen LogP) is 2.13. The number of methoxy groups -OCH3 is 1. The molecule has 20 heavy (non-hydrogen) atoms. The molecule has 1 aromatic rings. The minimum absolute atomic E-state index is 0.101. The van der Waals surface area contributed by atoms with Gasteiger partial charge in [-0.05, 0) is 44.9 Å². The Morgan fingerprint density at radius 3 is 2.40 bits per heavy atom. The number of hydrogen-bond acceptors (Lipinski definition) is 3. The Bertz CT molecular complexity index is 401. The molecule has 0 aromatic heterocycles. The van der Waals surface area contributed by atoms with Crippen LogP contribution in [0.1, 0.15) is 32.8 Å². The number of hydrogen-bond donors (Lipinski definition) is 2. The van der Waals surface area contributed by atoms with Crippen molar-refractivity contribution in [3.63, 3.8) is 0 Å². The molecule has 0 aliphatic carbocycles. The van der Waals surface area contributed by atoms with Crippen LogP contribution < -0.4 is 15.4 Å². The van der Waals surface area contributed by atoms with Crippen molar-refractivity contribution in [3.8, 4) is 5.75 Å². The van der Waals surface area contributed by atoms with Gasteiger partial charge in [0.15, 0.2) is 0 Å². The van der Waals surface area contributed by atoms with E-state index in [2.05, 4.69) is 29.7 Å². The van der Waals surface area contributed by atoms with Crippen LogP contribution in [0.5, 0.6) is 5.75 Å². The smallest absolute Gasteiger partial charge is 0.221 e. The maximum absolute atomic E-state index is 11.5. The van der Waals surface area contributed by atoms with E-state index in [1.165, 1.54) is 5.56 Å². The molecule has 0 spiro atoms. The first-order chi connectivity index (χ1) is 9.51. The molecule has 0 saturated heterocycles. The topological polar surface area (TPSA) is 50.4 Å². The van der Waals surface area contributed by atoms with Crippen LogP contribution >= 0.6 is 0 Å². The van der Waals surface area contributed by atoms with Gasteiger partial charge in [0.25, 0.3) is 0 Å². The van der Waals surface area contributed by atoms with E-state index in [0.717, 1.165) is 12.2 Å². The third-order valence-corrected chi connectivity index (χ3v) is 3.00. The maximum Gasteiger partial charge on any atom is 0.221 e. The molecule has 0 heterocycles. The monoisotopic (exact) mass is 278 g/mol.